The van der Waals surface area contributed by atoms with Gasteiger partial charge in [-0.1, -0.05) is 44.2 Å². The van der Waals surface area contributed by atoms with E-state index in [1.807, 2.05) is 36.3 Å². The van der Waals surface area contributed by atoms with Crippen LogP contribution in [0.2, 0.25) is 0 Å². The number of rotatable bonds is 11. The molecule has 9 aromatic rings. The number of ether oxygens (including phenoxy) is 1. The molecule has 2 aliphatic rings. The maximum atomic E-state index is 14.3. The van der Waals surface area contributed by atoms with Crippen LogP contribution in [0.25, 0.3) is 54.9 Å². The summed E-state index contributed by atoms with van der Waals surface area (Å²) < 4.78 is 11.3. The normalized spacial score (nSPS) is 18.1. The Labute approximate surface area is 508 Å². The minimum atomic E-state index is -1.27. The summed E-state index contributed by atoms with van der Waals surface area (Å²) in [5.74, 6) is -2.81. The number of primary amides is 1. The van der Waals surface area contributed by atoms with E-state index in [-0.39, 0.29) is 41.9 Å². The van der Waals surface area contributed by atoms with Crippen molar-refractivity contribution in [2.24, 2.45) is 11.7 Å². The van der Waals surface area contributed by atoms with E-state index in [1.54, 1.807) is 53.4 Å². The summed E-state index contributed by atoms with van der Waals surface area (Å²) in [4.78, 5) is 123. The second-order valence-corrected chi connectivity index (χ2v) is 25.8. The van der Waals surface area contributed by atoms with Gasteiger partial charge in [-0.15, -0.1) is 68.0 Å². The number of hydrogen-bond donors (Lipinski definition) is 7. The second kappa shape index (κ2) is 25.2. The number of amides is 6. The number of pyridine rings is 1. The Morgan fingerprint density at radius 1 is 0.753 bits per heavy atom. The molecule has 10 bridgehead atoms. The number of fused-ring (bicyclic) bond motifs is 14. The Morgan fingerprint density at radius 2 is 1.47 bits per heavy atom. The van der Waals surface area contributed by atoms with Crippen LogP contribution in [0.15, 0.2) is 74.7 Å². The fraction of sp³-hybridized carbons (Fsp3) is 0.309. The fourth-order valence-electron chi connectivity index (χ4n) is 9.53. The van der Waals surface area contributed by atoms with Gasteiger partial charge in [0.25, 0.3) is 17.7 Å². The second-order valence-electron chi connectivity index (χ2n) is 19.9. The molecule has 10 heterocycles. The first-order valence-electron chi connectivity index (χ1n) is 26.5. The number of anilines is 1. The first kappa shape index (κ1) is 58.7. The van der Waals surface area contributed by atoms with Crippen LogP contribution in [0.3, 0.4) is 0 Å². The number of aliphatic hydroxyl groups is 1. The van der Waals surface area contributed by atoms with Crippen molar-refractivity contribution in [3.63, 3.8) is 0 Å². The molecule has 0 radical (unpaired) electrons. The molecule has 30 heteroatoms. The van der Waals surface area contributed by atoms with Gasteiger partial charge in [0.1, 0.15) is 94.4 Å². The lowest BCUT2D eigenvalue weighted by atomic mass is 10.0. The number of thiazole rings is 6. The lowest BCUT2D eigenvalue weighted by Gasteiger charge is -2.23. The van der Waals surface area contributed by atoms with Gasteiger partial charge in [0.2, 0.25) is 23.6 Å². The van der Waals surface area contributed by atoms with E-state index in [9.17, 15) is 33.9 Å². The Hall–Kier alpha value is -8.10. The van der Waals surface area contributed by atoms with Gasteiger partial charge in [0.05, 0.1) is 42.2 Å². The Bertz CT molecular complexity index is 3980. The highest BCUT2D eigenvalue weighted by atomic mass is 32.1. The zero-order chi connectivity index (χ0) is 59.6. The number of aliphatic hydroxyl groups excluding tert-OH is 1. The molecule has 6 amide bonds. The number of carbonyl (C=O) groups excluding carboxylic acids is 6. The van der Waals surface area contributed by atoms with Crippen molar-refractivity contribution in [1.82, 2.24) is 66.5 Å². The van der Waals surface area contributed by atoms with Crippen molar-refractivity contribution < 1.29 is 43.0 Å². The van der Waals surface area contributed by atoms with Crippen LogP contribution in [0.4, 0.5) is 5.82 Å². The summed E-state index contributed by atoms with van der Waals surface area (Å²) in [5.41, 5.74) is 8.99. The average molecular weight is 1260 g/mol. The first-order chi connectivity index (χ1) is 41.0. The lowest BCUT2D eigenvalue weighted by Crippen LogP contribution is -2.40. The van der Waals surface area contributed by atoms with Crippen molar-refractivity contribution in [1.29, 1.82) is 0 Å². The van der Waals surface area contributed by atoms with Crippen molar-refractivity contribution >= 4 is 109 Å². The third-order valence-corrected chi connectivity index (χ3v) is 19.6. The molecule has 0 saturated carbocycles. The van der Waals surface area contributed by atoms with Gasteiger partial charge in [-0.25, -0.2) is 34.9 Å². The fourth-order valence-corrected chi connectivity index (χ4v) is 15.1. The predicted octanol–water partition coefficient (Wildman–Crippen LogP) is 7.42. The van der Waals surface area contributed by atoms with Gasteiger partial charge in [0, 0.05) is 52.7 Å². The summed E-state index contributed by atoms with van der Waals surface area (Å²) in [6, 6.07) is 9.13. The van der Waals surface area contributed by atoms with E-state index in [0.717, 1.165) is 17.8 Å². The number of methoxy groups -OCH3 is 1. The molecule has 0 unspecified atom stereocenters. The van der Waals surface area contributed by atoms with Gasteiger partial charge >= 0.3 is 0 Å². The van der Waals surface area contributed by atoms with Gasteiger partial charge in [-0.2, -0.15) is 4.98 Å². The maximum Gasteiger partial charge on any atom is 0.271 e. The van der Waals surface area contributed by atoms with E-state index in [0.29, 0.717) is 98.2 Å². The molecule has 11 rings (SSSR count). The molecule has 8 N–H and O–H groups in total. The number of benzene rings is 1. The Kier molecular flexibility index (Phi) is 17.4. The van der Waals surface area contributed by atoms with E-state index in [1.165, 1.54) is 77.1 Å². The third-order valence-electron chi connectivity index (χ3n) is 13.8. The number of oxazole rings is 1. The number of nitrogens with one attached hydrogen (secondary N) is 5. The standard InChI is InChI=1S/C55H53N15O9S6/c1-24(2)39-55-69-42(35(85-55)18-78-5)47(76)58-17-38(72)66-43(44(73)26-10-7-6-8-11-26)54-64-33(23-83-54)52-61-30(20-81-52)41-27(13-14-28(59-41)51-63-32(22-82-51)49-65-36(19-79-49)70-15-9-12-34(70)45(56)74)50-62-31(21-80-50)46(75)60-29(16-37(71)57-4)53-68-40(25(3)84-53)48(77)67-39/h6-8,10-11,13-14,19-24,29,34,39,43-44,73H,9,12,15-18H2,1-5H3,(H2,56,74)(H,57,71)(H,58,76)(H,60,75)(H,66,72)(H,67,77)/t29-,34-,39-,43-,44-/m0/s1. The maximum absolute atomic E-state index is 14.3. The number of carbonyl (C=O) groups is 6. The molecule has 438 valence electrons. The van der Waals surface area contributed by atoms with Crippen molar-refractivity contribution in [3.8, 4) is 54.9 Å². The van der Waals surface area contributed by atoms with E-state index in [4.69, 9.17) is 49.8 Å². The van der Waals surface area contributed by atoms with Crippen LogP contribution in [-0.4, -0.2) is 114 Å². The average Bonchev–Trinajstić information content (AvgIpc) is 2.82. The zero-order valence-corrected chi connectivity index (χ0v) is 50.8. The smallest absolute Gasteiger partial charge is 0.271 e. The largest absolute Gasteiger partial charge is 0.441 e. The molecule has 0 aliphatic carbocycles. The molecule has 1 aromatic carbocycles. The van der Waals surface area contributed by atoms with E-state index < -0.39 is 72.3 Å². The van der Waals surface area contributed by atoms with Crippen LogP contribution in [0.5, 0.6) is 0 Å². The molecule has 1 fully saturated rings. The highest BCUT2D eigenvalue weighted by molar-refractivity contribution is 7.15. The van der Waals surface area contributed by atoms with Gasteiger partial charge in [-0.05, 0) is 43.4 Å². The minimum Gasteiger partial charge on any atom is -0.441 e. The van der Waals surface area contributed by atoms with Gasteiger partial charge < -0.3 is 51.5 Å². The van der Waals surface area contributed by atoms with Crippen LogP contribution in [-0.2, 0) is 25.7 Å². The number of aryl methyl sites for hydroxylation is 1. The van der Waals surface area contributed by atoms with Crippen molar-refractivity contribution in [3.05, 3.63) is 118 Å². The number of nitrogens with zero attached hydrogens (tertiary/aromatic N) is 9. The molecule has 1 saturated heterocycles. The highest BCUT2D eigenvalue weighted by Gasteiger charge is 2.34. The Balaban J connectivity index is 0.981. The number of nitrogens with two attached hydrogens (primary N) is 1. The van der Waals surface area contributed by atoms with Crippen molar-refractivity contribution in [2.45, 2.75) is 76.9 Å². The summed E-state index contributed by atoms with van der Waals surface area (Å²) in [7, 11) is 2.95. The molecule has 85 heavy (non-hydrogen) atoms. The molecule has 5 atom stereocenters. The highest BCUT2D eigenvalue weighted by Crippen LogP contribution is 2.41. The quantitative estimate of drug-likeness (QED) is 0.0662. The Morgan fingerprint density at radius 3 is 2.24 bits per heavy atom. The number of aromatic nitrogens is 8. The summed E-state index contributed by atoms with van der Waals surface area (Å²) >= 11 is 7.30. The summed E-state index contributed by atoms with van der Waals surface area (Å²) in [6.45, 7) is 5.59. The monoisotopic (exact) mass is 1260 g/mol. The predicted molar refractivity (Wildman–Crippen MR) is 322 cm³/mol. The molecule has 24 nitrogen and oxygen atoms in total. The molecular formula is C55H53N15O9S6. The topological polar surface area (TPSA) is 338 Å². The molecule has 2 aliphatic heterocycles. The minimum absolute atomic E-state index is 0.00206. The molecular weight excluding hydrogens is 1210 g/mol. The first-order valence-corrected chi connectivity index (χ1v) is 31.6. The van der Waals surface area contributed by atoms with Crippen molar-refractivity contribution in [2.75, 3.05) is 32.1 Å². The summed E-state index contributed by atoms with van der Waals surface area (Å²) in [5, 5.41) is 35.5. The van der Waals surface area contributed by atoms with E-state index >= 15 is 0 Å². The zero-order valence-electron chi connectivity index (χ0n) is 45.9. The van der Waals surface area contributed by atoms with Crippen LogP contribution in [0, 0.1) is 12.8 Å². The SMILES string of the molecule is CNC(=O)C[C@@H]1NC(=O)c2csc(n2)-c2ccc(-c3nc(-c4nc(N5CCC[C@H]5C(N)=O)co4)cs3)nc2-c2csc(n2)-c2csc(n2)[C@H]([C@@H](O)c2ccccc2)NC(=O)CNC(=O)c2nc(sc2COC)[C@H](C(C)C)NC(=O)c2nc1sc2C. The lowest BCUT2D eigenvalue weighted by molar-refractivity contribution is -0.122. The van der Waals surface area contributed by atoms with Crippen LogP contribution < -0.4 is 37.2 Å². The number of hydrogen-bond acceptors (Lipinski definition) is 24. The van der Waals surface area contributed by atoms with Gasteiger partial charge in [-0.3, -0.25) is 28.8 Å². The third kappa shape index (κ3) is 12.5. The van der Waals surface area contributed by atoms with Crippen LogP contribution >= 0.6 is 68.0 Å². The summed E-state index contributed by atoms with van der Waals surface area (Å²) in [6.07, 6.45) is 1.40. The van der Waals surface area contributed by atoms with E-state index in [2.05, 4.69) is 31.6 Å². The van der Waals surface area contributed by atoms with Crippen LogP contribution in [0.1, 0.15) is 119 Å². The molecule has 0 spiro atoms. The molecule has 8 aromatic heterocycles. The van der Waals surface area contributed by atoms with Gasteiger partial charge in [0.15, 0.2) is 5.82 Å².